The largest absolute Gasteiger partial charge is 0.344 e. The summed E-state index contributed by atoms with van der Waals surface area (Å²) in [7, 11) is 1.84. The molecule has 2 rings (SSSR count). The fraction of sp³-hybridized carbons (Fsp3) is 0.0714. The van der Waals surface area contributed by atoms with Crippen molar-refractivity contribution in [3.63, 3.8) is 0 Å². The number of carbonyl (C=O) groups excluding carboxylic acids is 1. The summed E-state index contributed by atoms with van der Waals surface area (Å²) in [6.45, 7) is 0. The minimum Gasteiger partial charge on any atom is -0.344 e. The number of hydrogen-bond acceptors (Lipinski definition) is 2. The monoisotopic (exact) mass is 229 g/mol. The molecule has 0 aliphatic carbocycles. The molecule has 0 saturated carbocycles. The van der Waals surface area contributed by atoms with E-state index in [0.29, 0.717) is 5.56 Å². The maximum Gasteiger partial charge on any atom is 0.152 e. The molecule has 0 bridgehead atoms. The van der Waals surface area contributed by atoms with E-state index >= 15 is 0 Å². The average molecular weight is 229 g/mol. The molecule has 86 valence electrons. The van der Waals surface area contributed by atoms with Gasteiger partial charge in [-0.25, -0.2) is 4.39 Å². The highest BCUT2D eigenvalue weighted by Gasteiger charge is 2.07. The van der Waals surface area contributed by atoms with E-state index < -0.39 is 0 Å². The van der Waals surface area contributed by atoms with Gasteiger partial charge in [-0.05, 0) is 36.4 Å². The van der Waals surface area contributed by atoms with Crippen LogP contribution < -0.4 is 4.90 Å². The van der Waals surface area contributed by atoms with Crippen LogP contribution in [0.1, 0.15) is 10.4 Å². The Labute approximate surface area is 99.3 Å². The number of benzene rings is 2. The summed E-state index contributed by atoms with van der Waals surface area (Å²) in [6, 6.07) is 13.4. The second-order valence-corrected chi connectivity index (χ2v) is 3.71. The van der Waals surface area contributed by atoms with Crippen LogP contribution >= 0.6 is 0 Å². The van der Waals surface area contributed by atoms with Gasteiger partial charge in [-0.2, -0.15) is 0 Å². The van der Waals surface area contributed by atoms with E-state index in [0.717, 1.165) is 17.7 Å². The molecule has 0 saturated heterocycles. The van der Waals surface area contributed by atoms with Crippen molar-refractivity contribution in [1.29, 1.82) is 0 Å². The predicted molar refractivity (Wildman–Crippen MR) is 66.3 cm³/mol. The standard InChI is InChI=1S/C14H12FNO/c1-16(13-8-6-12(15)7-9-13)14-5-3-2-4-11(14)10-17/h2-10H,1H3. The predicted octanol–water partition coefficient (Wildman–Crippen LogP) is 3.41. The highest BCUT2D eigenvalue weighted by molar-refractivity contribution is 5.86. The summed E-state index contributed by atoms with van der Waals surface area (Å²) in [5.41, 5.74) is 2.24. The third-order valence-corrected chi connectivity index (χ3v) is 2.64. The van der Waals surface area contributed by atoms with Crippen LogP contribution in [0.15, 0.2) is 48.5 Å². The number of anilines is 2. The lowest BCUT2D eigenvalue weighted by Crippen LogP contribution is -2.11. The van der Waals surface area contributed by atoms with Crippen molar-refractivity contribution in [2.75, 3.05) is 11.9 Å². The van der Waals surface area contributed by atoms with Gasteiger partial charge >= 0.3 is 0 Å². The normalized spacial score (nSPS) is 10.0. The number of carbonyl (C=O) groups is 1. The molecule has 0 aromatic heterocycles. The van der Waals surface area contributed by atoms with Crippen LogP contribution in [-0.4, -0.2) is 13.3 Å². The summed E-state index contributed by atoms with van der Waals surface area (Å²) in [4.78, 5) is 12.8. The van der Waals surface area contributed by atoms with E-state index in [2.05, 4.69) is 0 Å². The lowest BCUT2D eigenvalue weighted by atomic mass is 10.1. The minimum atomic E-state index is -0.272. The van der Waals surface area contributed by atoms with Gasteiger partial charge < -0.3 is 4.90 Å². The second kappa shape index (κ2) is 4.78. The van der Waals surface area contributed by atoms with Crippen LogP contribution in [0.25, 0.3) is 0 Å². The van der Waals surface area contributed by atoms with Crippen LogP contribution in [0.5, 0.6) is 0 Å². The van der Waals surface area contributed by atoms with Gasteiger partial charge in [-0.1, -0.05) is 12.1 Å². The van der Waals surface area contributed by atoms with Crippen LogP contribution in [0.4, 0.5) is 15.8 Å². The first-order chi connectivity index (χ1) is 8.22. The molecule has 0 spiro atoms. The molecule has 0 N–H and O–H groups in total. The molecule has 2 aromatic carbocycles. The van der Waals surface area contributed by atoms with Gasteiger partial charge in [0.25, 0.3) is 0 Å². The number of aldehydes is 1. The zero-order valence-corrected chi connectivity index (χ0v) is 9.43. The van der Waals surface area contributed by atoms with E-state index in [1.165, 1.54) is 12.1 Å². The van der Waals surface area contributed by atoms with Gasteiger partial charge in [0.15, 0.2) is 6.29 Å². The third-order valence-electron chi connectivity index (χ3n) is 2.64. The molecule has 2 nitrogen and oxygen atoms in total. The first kappa shape index (κ1) is 11.3. The number of nitrogens with zero attached hydrogens (tertiary/aromatic N) is 1. The number of halogens is 1. The Kier molecular flexibility index (Phi) is 3.19. The van der Waals surface area contributed by atoms with Crippen molar-refractivity contribution in [2.24, 2.45) is 0 Å². The van der Waals surface area contributed by atoms with Crippen LogP contribution in [0, 0.1) is 5.82 Å². The molecule has 0 aliphatic heterocycles. The Morgan fingerprint density at radius 1 is 1.06 bits per heavy atom. The molecule has 2 aromatic rings. The van der Waals surface area contributed by atoms with Crippen molar-refractivity contribution < 1.29 is 9.18 Å². The molecule has 0 atom stereocenters. The van der Waals surface area contributed by atoms with Crippen molar-refractivity contribution in [2.45, 2.75) is 0 Å². The highest BCUT2D eigenvalue weighted by Crippen LogP contribution is 2.25. The quantitative estimate of drug-likeness (QED) is 0.752. The molecule has 0 amide bonds. The van der Waals surface area contributed by atoms with E-state index in [-0.39, 0.29) is 5.82 Å². The molecule has 0 fully saturated rings. The van der Waals surface area contributed by atoms with Crippen LogP contribution in [0.2, 0.25) is 0 Å². The first-order valence-corrected chi connectivity index (χ1v) is 5.26. The smallest absolute Gasteiger partial charge is 0.152 e. The van der Waals surface area contributed by atoms with E-state index in [4.69, 9.17) is 0 Å². The van der Waals surface area contributed by atoms with Crippen molar-refractivity contribution >= 4 is 17.7 Å². The van der Waals surface area contributed by atoms with E-state index in [1.54, 1.807) is 18.2 Å². The summed E-state index contributed by atoms with van der Waals surface area (Å²) < 4.78 is 12.8. The molecule has 0 radical (unpaired) electrons. The van der Waals surface area contributed by atoms with E-state index in [9.17, 15) is 9.18 Å². The number of rotatable bonds is 3. The van der Waals surface area contributed by atoms with Gasteiger partial charge in [0.05, 0.1) is 5.69 Å². The molecule has 0 aliphatic rings. The van der Waals surface area contributed by atoms with Crippen molar-refractivity contribution in [3.8, 4) is 0 Å². The lowest BCUT2D eigenvalue weighted by Gasteiger charge is -2.20. The maximum absolute atomic E-state index is 12.8. The van der Waals surface area contributed by atoms with Crippen molar-refractivity contribution in [3.05, 3.63) is 59.9 Å². The van der Waals surface area contributed by atoms with Gasteiger partial charge in [0.2, 0.25) is 0 Å². The third kappa shape index (κ3) is 2.33. The summed E-state index contributed by atoms with van der Waals surface area (Å²) in [5, 5.41) is 0. The van der Waals surface area contributed by atoms with Gasteiger partial charge in [-0.15, -0.1) is 0 Å². The second-order valence-electron chi connectivity index (χ2n) is 3.71. The Bertz CT molecular complexity index is 522. The average Bonchev–Trinajstić information content (AvgIpc) is 2.39. The van der Waals surface area contributed by atoms with Crippen LogP contribution in [0.3, 0.4) is 0 Å². The lowest BCUT2D eigenvalue weighted by molar-refractivity contribution is 0.112. The summed E-state index contributed by atoms with van der Waals surface area (Å²) in [6.07, 6.45) is 0.815. The summed E-state index contributed by atoms with van der Waals surface area (Å²) >= 11 is 0. The molecular formula is C14H12FNO. The fourth-order valence-electron chi connectivity index (χ4n) is 1.70. The Morgan fingerprint density at radius 2 is 1.71 bits per heavy atom. The first-order valence-electron chi connectivity index (χ1n) is 5.26. The molecule has 3 heteroatoms. The topological polar surface area (TPSA) is 20.3 Å². The maximum atomic E-state index is 12.8. The van der Waals surface area contributed by atoms with Crippen molar-refractivity contribution in [1.82, 2.24) is 0 Å². The Morgan fingerprint density at radius 3 is 2.35 bits per heavy atom. The van der Waals surface area contributed by atoms with Gasteiger partial charge in [-0.3, -0.25) is 4.79 Å². The molecule has 0 heterocycles. The SMILES string of the molecule is CN(c1ccc(F)cc1)c1ccccc1C=O. The zero-order valence-electron chi connectivity index (χ0n) is 9.43. The highest BCUT2D eigenvalue weighted by atomic mass is 19.1. The Hall–Kier alpha value is -2.16. The molecular weight excluding hydrogens is 217 g/mol. The van der Waals surface area contributed by atoms with Crippen LogP contribution in [-0.2, 0) is 0 Å². The number of para-hydroxylation sites is 1. The summed E-state index contributed by atoms with van der Waals surface area (Å²) in [5.74, 6) is -0.272. The van der Waals surface area contributed by atoms with Gasteiger partial charge in [0, 0.05) is 18.3 Å². The molecule has 0 unspecified atom stereocenters. The fourth-order valence-corrected chi connectivity index (χ4v) is 1.70. The minimum absolute atomic E-state index is 0.272. The van der Waals surface area contributed by atoms with E-state index in [1.807, 2.05) is 30.1 Å². The number of hydrogen-bond donors (Lipinski definition) is 0. The van der Waals surface area contributed by atoms with Gasteiger partial charge in [0.1, 0.15) is 5.82 Å². The zero-order chi connectivity index (χ0) is 12.3. The molecule has 17 heavy (non-hydrogen) atoms. The Balaban J connectivity index is 2.39.